The molecular formula is C14H18N2O3. The quantitative estimate of drug-likeness (QED) is 0.844. The molecule has 5 nitrogen and oxygen atoms in total. The third-order valence-electron chi connectivity index (χ3n) is 4.02. The van der Waals surface area contributed by atoms with Gasteiger partial charge < -0.3 is 20.1 Å². The second kappa shape index (κ2) is 4.74. The number of rotatable bonds is 2. The molecule has 0 aromatic heterocycles. The van der Waals surface area contributed by atoms with E-state index in [4.69, 9.17) is 9.47 Å². The van der Waals surface area contributed by atoms with Crippen molar-refractivity contribution >= 4 is 11.6 Å². The molecule has 3 rings (SSSR count). The van der Waals surface area contributed by atoms with Crippen LogP contribution in [0.15, 0.2) is 12.1 Å². The molecule has 1 aromatic carbocycles. The lowest BCUT2D eigenvalue weighted by Crippen LogP contribution is -2.45. The fourth-order valence-corrected chi connectivity index (χ4v) is 3.08. The molecule has 1 fully saturated rings. The highest BCUT2D eigenvalue weighted by Crippen LogP contribution is 2.46. The summed E-state index contributed by atoms with van der Waals surface area (Å²) in [5.41, 5.74) is 1.93. The molecule has 19 heavy (non-hydrogen) atoms. The highest BCUT2D eigenvalue weighted by atomic mass is 16.5. The fourth-order valence-electron chi connectivity index (χ4n) is 3.08. The molecule has 0 spiro atoms. The number of amides is 1. The highest BCUT2D eigenvalue weighted by molar-refractivity contribution is 5.97. The Bertz CT molecular complexity index is 516. The molecule has 0 aliphatic carbocycles. The Labute approximate surface area is 112 Å². The maximum absolute atomic E-state index is 12.2. The first-order valence-electron chi connectivity index (χ1n) is 6.52. The van der Waals surface area contributed by atoms with Crippen LogP contribution in [0.4, 0.5) is 5.69 Å². The van der Waals surface area contributed by atoms with Crippen molar-refractivity contribution in [3.63, 3.8) is 0 Å². The van der Waals surface area contributed by atoms with E-state index in [1.165, 1.54) is 0 Å². The Hall–Kier alpha value is -1.75. The monoisotopic (exact) mass is 262 g/mol. The van der Waals surface area contributed by atoms with Crippen molar-refractivity contribution in [3.05, 3.63) is 17.7 Å². The van der Waals surface area contributed by atoms with E-state index in [9.17, 15) is 4.79 Å². The Morgan fingerprint density at radius 3 is 2.79 bits per heavy atom. The SMILES string of the molecule is COc1cc2c(c(OC)c1)C1CCNCC1C(=O)N2. The Morgan fingerprint density at radius 1 is 1.21 bits per heavy atom. The lowest BCUT2D eigenvalue weighted by atomic mass is 9.77. The molecule has 102 valence electrons. The minimum Gasteiger partial charge on any atom is -0.497 e. The number of ether oxygens (including phenoxy) is 2. The molecule has 5 heteroatoms. The first kappa shape index (κ1) is 12.3. The van der Waals surface area contributed by atoms with Crippen LogP contribution in [0.5, 0.6) is 11.5 Å². The van der Waals surface area contributed by atoms with Crippen LogP contribution in [0.3, 0.4) is 0 Å². The van der Waals surface area contributed by atoms with Crippen LogP contribution in [0.25, 0.3) is 0 Å². The van der Waals surface area contributed by atoms with Crippen molar-refractivity contribution in [2.75, 3.05) is 32.6 Å². The van der Waals surface area contributed by atoms with E-state index < -0.39 is 0 Å². The topological polar surface area (TPSA) is 59.6 Å². The molecule has 2 aliphatic heterocycles. The van der Waals surface area contributed by atoms with Crippen molar-refractivity contribution in [2.45, 2.75) is 12.3 Å². The predicted octanol–water partition coefficient (Wildman–Crippen LogP) is 1.35. The molecule has 0 bridgehead atoms. The van der Waals surface area contributed by atoms with Crippen molar-refractivity contribution in [1.29, 1.82) is 0 Å². The third kappa shape index (κ3) is 1.94. The maximum Gasteiger partial charge on any atom is 0.229 e. The van der Waals surface area contributed by atoms with Gasteiger partial charge in [0.05, 0.1) is 25.8 Å². The second-order valence-corrected chi connectivity index (χ2v) is 4.99. The summed E-state index contributed by atoms with van der Waals surface area (Å²) < 4.78 is 10.7. The number of carbonyl (C=O) groups excluding carboxylic acids is 1. The number of fused-ring (bicyclic) bond motifs is 3. The lowest BCUT2D eigenvalue weighted by Gasteiger charge is -2.37. The van der Waals surface area contributed by atoms with Gasteiger partial charge in [-0.15, -0.1) is 0 Å². The lowest BCUT2D eigenvalue weighted by molar-refractivity contribution is -0.121. The minimum absolute atomic E-state index is 0.0106. The van der Waals surface area contributed by atoms with Crippen LogP contribution in [0, 0.1) is 5.92 Å². The van der Waals surface area contributed by atoms with Crippen LogP contribution in [-0.2, 0) is 4.79 Å². The summed E-state index contributed by atoms with van der Waals surface area (Å²) >= 11 is 0. The van der Waals surface area contributed by atoms with Crippen LogP contribution in [0.1, 0.15) is 17.9 Å². The van der Waals surface area contributed by atoms with Crippen LogP contribution in [-0.4, -0.2) is 33.2 Å². The standard InChI is InChI=1S/C14H18N2O3/c1-18-8-5-11-13(12(6-8)19-2)9-3-4-15-7-10(9)14(17)16-11/h5-6,9-10,15H,3-4,7H2,1-2H3,(H,16,17). The Morgan fingerprint density at radius 2 is 2.05 bits per heavy atom. The zero-order valence-electron chi connectivity index (χ0n) is 11.2. The van der Waals surface area contributed by atoms with Gasteiger partial charge in [-0.3, -0.25) is 4.79 Å². The second-order valence-electron chi connectivity index (χ2n) is 4.99. The zero-order chi connectivity index (χ0) is 13.4. The molecule has 1 aromatic rings. The number of hydrogen-bond acceptors (Lipinski definition) is 4. The number of hydrogen-bond donors (Lipinski definition) is 2. The highest BCUT2D eigenvalue weighted by Gasteiger charge is 2.39. The third-order valence-corrected chi connectivity index (χ3v) is 4.02. The summed E-state index contributed by atoms with van der Waals surface area (Å²) in [6.07, 6.45) is 0.952. The molecule has 2 atom stereocenters. The van der Waals surface area contributed by atoms with E-state index in [-0.39, 0.29) is 17.7 Å². The van der Waals surface area contributed by atoms with Gasteiger partial charge in [-0.25, -0.2) is 0 Å². The van der Waals surface area contributed by atoms with Gasteiger partial charge >= 0.3 is 0 Å². The van der Waals surface area contributed by atoms with Crippen LogP contribution >= 0.6 is 0 Å². The molecule has 2 N–H and O–H groups in total. The van der Waals surface area contributed by atoms with Crippen LogP contribution < -0.4 is 20.1 Å². The minimum atomic E-state index is -0.0106. The summed E-state index contributed by atoms with van der Waals surface area (Å²) in [6, 6.07) is 3.75. The number of benzene rings is 1. The molecular weight excluding hydrogens is 244 g/mol. The fraction of sp³-hybridized carbons (Fsp3) is 0.500. The van der Waals surface area contributed by atoms with Crippen molar-refractivity contribution in [1.82, 2.24) is 5.32 Å². The number of nitrogens with one attached hydrogen (secondary N) is 2. The number of piperidine rings is 1. The largest absolute Gasteiger partial charge is 0.497 e. The average Bonchev–Trinajstić information content (AvgIpc) is 2.46. The molecule has 2 unspecified atom stereocenters. The first-order chi connectivity index (χ1) is 9.24. The van der Waals surface area contributed by atoms with Gasteiger partial charge in [-0.2, -0.15) is 0 Å². The van der Waals surface area contributed by atoms with E-state index in [2.05, 4.69) is 10.6 Å². The maximum atomic E-state index is 12.2. The van der Waals surface area contributed by atoms with E-state index in [1.807, 2.05) is 12.1 Å². The van der Waals surface area contributed by atoms with Gasteiger partial charge in [0.15, 0.2) is 0 Å². The average molecular weight is 262 g/mol. The summed E-state index contributed by atoms with van der Waals surface area (Å²) in [4.78, 5) is 12.2. The number of anilines is 1. The van der Waals surface area contributed by atoms with E-state index in [1.54, 1.807) is 14.2 Å². The zero-order valence-corrected chi connectivity index (χ0v) is 11.2. The van der Waals surface area contributed by atoms with Gasteiger partial charge in [0.25, 0.3) is 0 Å². The normalized spacial score (nSPS) is 25.1. The van der Waals surface area contributed by atoms with Crippen molar-refractivity contribution in [3.8, 4) is 11.5 Å². The summed E-state index contributed by atoms with van der Waals surface area (Å²) in [6.45, 7) is 1.66. The molecule has 0 saturated carbocycles. The number of methoxy groups -OCH3 is 2. The smallest absolute Gasteiger partial charge is 0.229 e. The first-order valence-corrected chi connectivity index (χ1v) is 6.52. The summed E-state index contributed by atoms with van der Waals surface area (Å²) in [5, 5.41) is 6.25. The van der Waals surface area contributed by atoms with Crippen LogP contribution in [0.2, 0.25) is 0 Å². The van der Waals surface area contributed by atoms with Crippen molar-refractivity contribution in [2.24, 2.45) is 5.92 Å². The summed E-state index contributed by atoms with van der Waals surface area (Å²) in [7, 11) is 3.26. The molecule has 1 amide bonds. The molecule has 0 radical (unpaired) electrons. The van der Waals surface area contributed by atoms with Crippen molar-refractivity contribution < 1.29 is 14.3 Å². The Balaban J connectivity index is 2.12. The van der Waals surface area contributed by atoms with Gasteiger partial charge in [0.2, 0.25) is 5.91 Å². The molecule has 2 heterocycles. The van der Waals surface area contributed by atoms with Gasteiger partial charge in [0, 0.05) is 30.2 Å². The number of carbonyl (C=O) groups is 1. The summed E-state index contributed by atoms with van der Waals surface area (Å²) in [5.74, 6) is 1.80. The molecule has 1 saturated heterocycles. The van der Waals surface area contributed by atoms with Gasteiger partial charge in [0.1, 0.15) is 11.5 Å². The van der Waals surface area contributed by atoms with E-state index >= 15 is 0 Å². The van der Waals surface area contributed by atoms with Gasteiger partial charge in [-0.05, 0) is 13.0 Å². The van der Waals surface area contributed by atoms with Gasteiger partial charge in [-0.1, -0.05) is 0 Å². The Kier molecular flexibility index (Phi) is 3.06. The molecule has 2 aliphatic rings. The van der Waals surface area contributed by atoms with E-state index in [0.717, 1.165) is 36.5 Å². The van der Waals surface area contributed by atoms with E-state index in [0.29, 0.717) is 5.75 Å². The predicted molar refractivity (Wildman–Crippen MR) is 71.9 cm³/mol.